The lowest BCUT2D eigenvalue weighted by Crippen LogP contribution is -2.40. The Morgan fingerprint density at radius 3 is 2.72 bits per heavy atom. The summed E-state index contributed by atoms with van der Waals surface area (Å²) in [7, 11) is -2.20. The van der Waals surface area contributed by atoms with E-state index in [9.17, 15) is 13.2 Å². The minimum atomic E-state index is -3.62. The van der Waals surface area contributed by atoms with Gasteiger partial charge < -0.3 is 10.2 Å². The monoisotopic (exact) mass is 367 g/mol. The molecule has 0 bridgehead atoms. The van der Waals surface area contributed by atoms with E-state index in [2.05, 4.69) is 17.1 Å². The van der Waals surface area contributed by atoms with Crippen molar-refractivity contribution < 1.29 is 13.2 Å². The van der Waals surface area contributed by atoms with Gasteiger partial charge in [-0.1, -0.05) is 25.1 Å². The van der Waals surface area contributed by atoms with Crippen molar-refractivity contribution in [3.05, 3.63) is 30.3 Å². The Labute approximate surface area is 151 Å². The van der Waals surface area contributed by atoms with Gasteiger partial charge in [-0.05, 0) is 50.4 Å². The lowest BCUT2D eigenvalue weighted by atomic mass is 10.0. The van der Waals surface area contributed by atoms with E-state index < -0.39 is 10.0 Å². The second-order valence-electron chi connectivity index (χ2n) is 6.83. The molecule has 7 heteroatoms. The molecule has 1 fully saturated rings. The Balaban J connectivity index is 1.71. The number of carbonyl (C=O) groups excluding carboxylic acids is 1. The Hall–Kier alpha value is -1.44. The van der Waals surface area contributed by atoms with E-state index >= 15 is 0 Å². The van der Waals surface area contributed by atoms with Crippen LogP contribution in [0.4, 0.5) is 0 Å². The van der Waals surface area contributed by atoms with Crippen LogP contribution in [0.2, 0.25) is 0 Å². The van der Waals surface area contributed by atoms with Crippen molar-refractivity contribution >= 4 is 15.9 Å². The van der Waals surface area contributed by atoms with Crippen LogP contribution in [-0.2, 0) is 14.8 Å². The molecule has 1 aliphatic rings. The molecule has 140 valence electrons. The maximum Gasteiger partial charge on any atom is 0.243 e. The smallest absolute Gasteiger partial charge is 0.243 e. The SMILES string of the molecule is CC1CCCN(CCCNC(=O)CN(C)S(=O)(=O)c2ccccc2)C1. The molecule has 1 aromatic carbocycles. The Morgan fingerprint density at radius 1 is 1.32 bits per heavy atom. The van der Waals surface area contributed by atoms with Gasteiger partial charge >= 0.3 is 0 Å². The molecule has 1 aromatic rings. The summed E-state index contributed by atoms with van der Waals surface area (Å²) in [5, 5.41) is 2.82. The molecular weight excluding hydrogens is 338 g/mol. The minimum absolute atomic E-state index is 0.169. The van der Waals surface area contributed by atoms with Gasteiger partial charge in [0.25, 0.3) is 0 Å². The molecule has 0 spiro atoms. The van der Waals surface area contributed by atoms with Crippen molar-refractivity contribution in [3.63, 3.8) is 0 Å². The number of hydrogen-bond donors (Lipinski definition) is 1. The molecule has 1 amide bonds. The zero-order valence-electron chi connectivity index (χ0n) is 15.1. The number of rotatable bonds is 8. The van der Waals surface area contributed by atoms with E-state index in [1.54, 1.807) is 18.2 Å². The molecule has 2 rings (SSSR count). The number of nitrogens with zero attached hydrogens (tertiary/aromatic N) is 2. The maximum atomic E-state index is 12.4. The Bertz CT molecular complexity index is 649. The van der Waals surface area contributed by atoms with Crippen molar-refractivity contribution in [2.45, 2.75) is 31.1 Å². The molecule has 1 saturated heterocycles. The number of amides is 1. The van der Waals surface area contributed by atoms with Gasteiger partial charge in [0, 0.05) is 20.1 Å². The number of sulfonamides is 1. The van der Waals surface area contributed by atoms with Gasteiger partial charge in [-0.25, -0.2) is 8.42 Å². The first-order chi connectivity index (χ1) is 11.9. The number of nitrogens with one attached hydrogen (secondary N) is 1. The summed E-state index contributed by atoms with van der Waals surface area (Å²) in [6.07, 6.45) is 3.43. The summed E-state index contributed by atoms with van der Waals surface area (Å²) < 4.78 is 25.8. The fourth-order valence-corrected chi connectivity index (χ4v) is 4.28. The summed E-state index contributed by atoms with van der Waals surface area (Å²) in [6.45, 7) is 5.92. The third-order valence-corrected chi connectivity index (χ3v) is 6.35. The van der Waals surface area contributed by atoms with E-state index in [1.165, 1.54) is 32.0 Å². The zero-order chi connectivity index (χ0) is 18.3. The number of carbonyl (C=O) groups is 1. The van der Waals surface area contributed by atoms with E-state index in [4.69, 9.17) is 0 Å². The third-order valence-electron chi connectivity index (χ3n) is 4.53. The highest BCUT2D eigenvalue weighted by atomic mass is 32.2. The van der Waals surface area contributed by atoms with Crippen molar-refractivity contribution in [2.75, 3.05) is 39.8 Å². The van der Waals surface area contributed by atoms with Gasteiger partial charge in [0.05, 0.1) is 11.4 Å². The van der Waals surface area contributed by atoms with Gasteiger partial charge in [-0.15, -0.1) is 0 Å². The lowest BCUT2D eigenvalue weighted by Gasteiger charge is -2.30. The predicted octanol–water partition coefficient (Wildman–Crippen LogP) is 1.55. The number of likely N-dealkylation sites (tertiary alicyclic amines) is 1. The van der Waals surface area contributed by atoms with Crippen LogP contribution in [-0.4, -0.2) is 63.3 Å². The second-order valence-corrected chi connectivity index (χ2v) is 8.87. The molecule has 0 aromatic heterocycles. The second kappa shape index (κ2) is 9.31. The van der Waals surface area contributed by atoms with Gasteiger partial charge in [0.2, 0.25) is 15.9 Å². The summed E-state index contributed by atoms with van der Waals surface area (Å²) in [4.78, 5) is 14.6. The van der Waals surface area contributed by atoms with Crippen LogP contribution in [0.3, 0.4) is 0 Å². The van der Waals surface area contributed by atoms with Crippen LogP contribution in [0.15, 0.2) is 35.2 Å². The molecule has 0 aliphatic carbocycles. The number of benzene rings is 1. The van der Waals surface area contributed by atoms with Crippen LogP contribution in [0, 0.1) is 5.92 Å². The van der Waals surface area contributed by atoms with E-state index in [1.807, 2.05) is 0 Å². The number of likely N-dealkylation sites (N-methyl/N-ethyl adjacent to an activating group) is 1. The zero-order valence-corrected chi connectivity index (χ0v) is 16.0. The fraction of sp³-hybridized carbons (Fsp3) is 0.611. The summed E-state index contributed by atoms with van der Waals surface area (Å²) in [5.41, 5.74) is 0. The molecule has 6 nitrogen and oxygen atoms in total. The van der Waals surface area contributed by atoms with Gasteiger partial charge in [0.1, 0.15) is 0 Å². The molecule has 25 heavy (non-hydrogen) atoms. The topological polar surface area (TPSA) is 69.7 Å². The molecule has 1 atom stereocenters. The molecule has 0 saturated carbocycles. The quantitative estimate of drug-likeness (QED) is 0.708. The van der Waals surface area contributed by atoms with Crippen molar-refractivity contribution in [1.82, 2.24) is 14.5 Å². The highest BCUT2D eigenvalue weighted by Gasteiger charge is 2.22. The standard InChI is InChI=1S/C18H29N3O3S/c1-16-8-6-12-21(14-16)13-7-11-19-18(22)15-20(2)25(23,24)17-9-4-3-5-10-17/h3-5,9-10,16H,6-8,11-15H2,1-2H3,(H,19,22). The van der Waals surface area contributed by atoms with Gasteiger partial charge in [0.15, 0.2) is 0 Å². The lowest BCUT2D eigenvalue weighted by molar-refractivity contribution is -0.121. The minimum Gasteiger partial charge on any atom is -0.355 e. The maximum absolute atomic E-state index is 12.4. The van der Waals surface area contributed by atoms with Gasteiger partial charge in [-0.2, -0.15) is 4.31 Å². The molecule has 0 radical (unpaired) electrons. The first-order valence-electron chi connectivity index (χ1n) is 8.90. The largest absolute Gasteiger partial charge is 0.355 e. The molecule has 1 aliphatic heterocycles. The average Bonchev–Trinajstić information content (AvgIpc) is 2.59. The van der Waals surface area contributed by atoms with Crippen LogP contribution in [0.25, 0.3) is 0 Å². The summed E-state index contributed by atoms with van der Waals surface area (Å²) in [5.74, 6) is 0.481. The summed E-state index contributed by atoms with van der Waals surface area (Å²) >= 11 is 0. The Kier molecular flexibility index (Phi) is 7.40. The predicted molar refractivity (Wildman–Crippen MR) is 98.7 cm³/mol. The van der Waals surface area contributed by atoms with Crippen LogP contribution < -0.4 is 5.32 Å². The van der Waals surface area contributed by atoms with E-state index in [0.717, 1.165) is 36.3 Å². The van der Waals surface area contributed by atoms with Crippen molar-refractivity contribution in [3.8, 4) is 0 Å². The number of hydrogen-bond acceptors (Lipinski definition) is 4. The molecular formula is C18H29N3O3S. The van der Waals surface area contributed by atoms with Crippen molar-refractivity contribution in [1.29, 1.82) is 0 Å². The van der Waals surface area contributed by atoms with Crippen molar-refractivity contribution in [2.24, 2.45) is 5.92 Å². The molecule has 1 heterocycles. The molecule has 1 N–H and O–H groups in total. The fourth-order valence-electron chi connectivity index (χ4n) is 3.14. The van der Waals surface area contributed by atoms with Gasteiger partial charge in [-0.3, -0.25) is 4.79 Å². The van der Waals surface area contributed by atoms with Crippen LogP contribution in [0.5, 0.6) is 0 Å². The normalized spacial score (nSPS) is 19.1. The molecule has 1 unspecified atom stereocenters. The Morgan fingerprint density at radius 2 is 2.04 bits per heavy atom. The highest BCUT2D eigenvalue weighted by molar-refractivity contribution is 7.89. The van der Waals surface area contributed by atoms with E-state index in [-0.39, 0.29) is 17.3 Å². The highest BCUT2D eigenvalue weighted by Crippen LogP contribution is 2.15. The van der Waals surface area contributed by atoms with Crippen LogP contribution in [0.1, 0.15) is 26.2 Å². The van der Waals surface area contributed by atoms with Crippen LogP contribution >= 0.6 is 0 Å². The number of piperidine rings is 1. The first-order valence-corrected chi connectivity index (χ1v) is 10.3. The van der Waals surface area contributed by atoms with E-state index in [0.29, 0.717) is 6.54 Å². The first kappa shape index (κ1) is 19.9. The summed E-state index contributed by atoms with van der Waals surface area (Å²) in [6, 6.07) is 8.16. The third kappa shape index (κ3) is 6.09. The average molecular weight is 368 g/mol.